The first-order valence-corrected chi connectivity index (χ1v) is 10.7. The van der Waals surface area contributed by atoms with Crippen molar-refractivity contribution in [2.24, 2.45) is 0 Å². The van der Waals surface area contributed by atoms with Gasteiger partial charge in [0.1, 0.15) is 23.0 Å². The number of hydrogen-bond acceptors (Lipinski definition) is 7. The van der Waals surface area contributed by atoms with Crippen molar-refractivity contribution in [2.45, 2.75) is 0 Å². The number of piperazine rings is 1. The van der Waals surface area contributed by atoms with Crippen LogP contribution in [0.2, 0.25) is 0 Å². The van der Waals surface area contributed by atoms with Crippen molar-refractivity contribution in [1.29, 1.82) is 0 Å². The first-order valence-electron chi connectivity index (χ1n) is 9.82. The van der Waals surface area contributed by atoms with Crippen LogP contribution in [0.4, 0.5) is 20.9 Å². The number of rotatable bonds is 6. The molecule has 2 aromatic carbocycles. The number of amides is 1. The van der Waals surface area contributed by atoms with Crippen molar-refractivity contribution in [3.8, 4) is 11.5 Å². The Morgan fingerprint density at radius 2 is 1.81 bits per heavy atom. The molecule has 9 heteroatoms. The largest absolute Gasteiger partial charge is 0.497 e. The third-order valence-corrected chi connectivity index (χ3v) is 5.89. The molecule has 0 bridgehead atoms. The fourth-order valence-electron chi connectivity index (χ4n) is 3.43. The second-order valence-corrected chi connectivity index (χ2v) is 7.84. The summed E-state index contributed by atoms with van der Waals surface area (Å²) >= 11 is 1.36. The monoisotopic (exact) mass is 442 g/mol. The Morgan fingerprint density at radius 3 is 2.48 bits per heavy atom. The molecular formula is C22H23FN4O3S. The van der Waals surface area contributed by atoms with E-state index in [2.05, 4.69) is 15.2 Å². The van der Waals surface area contributed by atoms with Crippen molar-refractivity contribution >= 4 is 33.8 Å². The van der Waals surface area contributed by atoms with Crippen molar-refractivity contribution in [1.82, 2.24) is 9.88 Å². The number of carbonyl (C=O) groups excluding carboxylic acids is 1. The standard InChI is InChI=1S/C22H23FN4O3S/c1-29-17-7-8-18(20(13-17)30-2)24-22-25-19(14-31-22)21(28)27-11-9-26(10-12-27)16-5-3-15(23)4-6-16/h3-8,13-14H,9-12H2,1-2H3,(H,24,25). The number of thiazole rings is 1. The van der Waals surface area contributed by atoms with E-state index in [-0.39, 0.29) is 11.7 Å². The van der Waals surface area contributed by atoms with E-state index in [1.54, 1.807) is 42.7 Å². The van der Waals surface area contributed by atoms with Gasteiger partial charge >= 0.3 is 0 Å². The molecule has 162 valence electrons. The Bertz CT molecular complexity index is 1050. The van der Waals surface area contributed by atoms with Gasteiger partial charge in [-0.2, -0.15) is 0 Å². The van der Waals surface area contributed by atoms with Gasteiger partial charge in [-0.1, -0.05) is 0 Å². The van der Waals surface area contributed by atoms with Gasteiger partial charge in [-0.25, -0.2) is 9.37 Å². The Morgan fingerprint density at radius 1 is 1.06 bits per heavy atom. The van der Waals surface area contributed by atoms with Crippen molar-refractivity contribution < 1.29 is 18.7 Å². The molecule has 31 heavy (non-hydrogen) atoms. The molecule has 0 unspecified atom stereocenters. The Balaban J connectivity index is 1.38. The zero-order valence-corrected chi connectivity index (χ0v) is 18.1. The molecule has 7 nitrogen and oxygen atoms in total. The van der Waals surface area contributed by atoms with Crippen LogP contribution < -0.4 is 19.7 Å². The number of halogens is 1. The molecule has 1 amide bonds. The van der Waals surface area contributed by atoms with Gasteiger partial charge in [0, 0.05) is 43.3 Å². The summed E-state index contributed by atoms with van der Waals surface area (Å²) in [6.07, 6.45) is 0. The van der Waals surface area contributed by atoms with Crippen molar-refractivity contribution in [3.63, 3.8) is 0 Å². The molecule has 0 spiro atoms. The van der Waals surface area contributed by atoms with E-state index >= 15 is 0 Å². The zero-order chi connectivity index (χ0) is 21.8. The van der Waals surface area contributed by atoms with E-state index in [4.69, 9.17) is 9.47 Å². The highest BCUT2D eigenvalue weighted by Gasteiger charge is 2.24. The van der Waals surface area contributed by atoms with Crippen LogP contribution in [0.1, 0.15) is 10.5 Å². The van der Waals surface area contributed by atoms with E-state index in [0.29, 0.717) is 48.5 Å². The highest BCUT2D eigenvalue weighted by atomic mass is 32.1. The molecule has 0 aliphatic carbocycles. The van der Waals surface area contributed by atoms with Gasteiger partial charge in [-0.05, 0) is 36.4 Å². The maximum atomic E-state index is 13.1. The van der Waals surface area contributed by atoms with Crippen LogP contribution in [-0.4, -0.2) is 56.2 Å². The summed E-state index contributed by atoms with van der Waals surface area (Å²) in [6, 6.07) is 11.9. The average molecular weight is 443 g/mol. The van der Waals surface area contributed by atoms with Gasteiger partial charge in [0.25, 0.3) is 5.91 Å². The Kier molecular flexibility index (Phi) is 6.22. The van der Waals surface area contributed by atoms with Gasteiger partial charge in [0.15, 0.2) is 5.13 Å². The second kappa shape index (κ2) is 9.22. The lowest BCUT2D eigenvalue weighted by Gasteiger charge is -2.35. The summed E-state index contributed by atoms with van der Waals surface area (Å²) in [6.45, 7) is 2.55. The predicted molar refractivity (Wildman–Crippen MR) is 119 cm³/mol. The van der Waals surface area contributed by atoms with Crippen LogP contribution in [0, 0.1) is 5.82 Å². The van der Waals surface area contributed by atoms with Crippen molar-refractivity contribution in [3.05, 3.63) is 59.4 Å². The summed E-state index contributed by atoms with van der Waals surface area (Å²) in [7, 11) is 3.18. The molecule has 3 aromatic rings. The van der Waals surface area contributed by atoms with Gasteiger partial charge in [-0.15, -0.1) is 11.3 Å². The first-order chi connectivity index (χ1) is 15.1. The molecule has 0 saturated carbocycles. The lowest BCUT2D eigenvalue weighted by molar-refractivity contribution is 0.0742. The van der Waals surface area contributed by atoms with E-state index < -0.39 is 0 Å². The van der Waals surface area contributed by atoms with Crippen LogP contribution in [0.15, 0.2) is 47.8 Å². The molecule has 0 radical (unpaired) electrons. The van der Waals surface area contributed by atoms with Gasteiger partial charge < -0.3 is 24.6 Å². The molecule has 2 heterocycles. The Labute approximate surface area is 184 Å². The van der Waals surface area contributed by atoms with Crippen LogP contribution >= 0.6 is 11.3 Å². The number of nitrogens with one attached hydrogen (secondary N) is 1. The molecule has 0 atom stereocenters. The molecule has 1 saturated heterocycles. The third-order valence-electron chi connectivity index (χ3n) is 5.13. The highest BCUT2D eigenvalue weighted by molar-refractivity contribution is 7.14. The molecular weight excluding hydrogens is 419 g/mol. The van der Waals surface area contributed by atoms with Crippen LogP contribution in [0.5, 0.6) is 11.5 Å². The summed E-state index contributed by atoms with van der Waals surface area (Å²) in [4.78, 5) is 21.3. The summed E-state index contributed by atoms with van der Waals surface area (Å²) in [5.74, 6) is 0.971. The number of ether oxygens (including phenoxy) is 2. The van der Waals surface area contributed by atoms with Crippen LogP contribution in [0.3, 0.4) is 0 Å². The lowest BCUT2D eigenvalue weighted by atomic mass is 10.2. The molecule has 1 N–H and O–H groups in total. The number of carbonyl (C=O) groups is 1. The summed E-state index contributed by atoms with van der Waals surface area (Å²) in [5, 5.41) is 5.57. The molecule has 1 fully saturated rings. The molecule has 1 aromatic heterocycles. The molecule has 1 aliphatic heterocycles. The Hall–Kier alpha value is -3.33. The fourth-order valence-corrected chi connectivity index (χ4v) is 4.12. The summed E-state index contributed by atoms with van der Waals surface area (Å²) < 4.78 is 23.7. The predicted octanol–water partition coefficient (Wildman–Crippen LogP) is 4.01. The maximum absolute atomic E-state index is 13.1. The minimum absolute atomic E-state index is 0.0928. The third kappa shape index (κ3) is 4.72. The second-order valence-electron chi connectivity index (χ2n) is 6.98. The number of nitrogens with zero attached hydrogens (tertiary/aromatic N) is 3. The van der Waals surface area contributed by atoms with E-state index in [1.807, 2.05) is 12.1 Å². The van der Waals surface area contributed by atoms with Crippen LogP contribution in [0.25, 0.3) is 0 Å². The van der Waals surface area contributed by atoms with Crippen molar-refractivity contribution in [2.75, 3.05) is 50.6 Å². The number of methoxy groups -OCH3 is 2. The maximum Gasteiger partial charge on any atom is 0.273 e. The lowest BCUT2D eigenvalue weighted by Crippen LogP contribution is -2.48. The minimum Gasteiger partial charge on any atom is -0.497 e. The smallest absolute Gasteiger partial charge is 0.273 e. The van der Waals surface area contributed by atoms with E-state index in [9.17, 15) is 9.18 Å². The number of benzene rings is 2. The minimum atomic E-state index is -0.252. The highest BCUT2D eigenvalue weighted by Crippen LogP contribution is 2.32. The SMILES string of the molecule is COc1ccc(Nc2nc(C(=O)N3CCN(c4ccc(F)cc4)CC3)cs2)c(OC)c1. The quantitative estimate of drug-likeness (QED) is 0.622. The number of aromatic nitrogens is 1. The molecule has 1 aliphatic rings. The van der Waals surface area contributed by atoms with Gasteiger partial charge in [0.2, 0.25) is 0 Å². The molecule has 4 rings (SSSR count). The van der Waals surface area contributed by atoms with E-state index in [1.165, 1.54) is 23.5 Å². The summed E-state index contributed by atoms with van der Waals surface area (Å²) in [5.41, 5.74) is 2.11. The topological polar surface area (TPSA) is 66.9 Å². The first kappa shape index (κ1) is 20.9. The zero-order valence-electron chi connectivity index (χ0n) is 17.3. The fraction of sp³-hybridized carbons (Fsp3) is 0.273. The number of anilines is 3. The normalized spacial score (nSPS) is 13.8. The van der Waals surface area contributed by atoms with Crippen LogP contribution in [-0.2, 0) is 0 Å². The number of hydrogen-bond donors (Lipinski definition) is 1. The van der Waals surface area contributed by atoms with Gasteiger partial charge in [0.05, 0.1) is 19.9 Å². The average Bonchev–Trinajstić information content (AvgIpc) is 3.28. The van der Waals surface area contributed by atoms with Gasteiger partial charge in [-0.3, -0.25) is 4.79 Å². The van der Waals surface area contributed by atoms with E-state index in [0.717, 1.165) is 11.4 Å².